The highest BCUT2D eigenvalue weighted by Crippen LogP contribution is 2.29. The third-order valence-corrected chi connectivity index (χ3v) is 4.79. The number of fused-ring (bicyclic) bond motifs is 1. The smallest absolute Gasteiger partial charge is 0.223 e. The summed E-state index contributed by atoms with van der Waals surface area (Å²) in [5.74, 6) is 1.37. The number of hydrogen-bond acceptors (Lipinski definition) is 2. The molecule has 3 aromatic rings. The van der Waals surface area contributed by atoms with Gasteiger partial charge in [-0.3, -0.25) is 4.79 Å². The summed E-state index contributed by atoms with van der Waals surface area (Å²) in [6, 6.07) is 18.5. The van der Waals surface area contributed by atoms with Gasteiger partial charge in [0.2, 0.25) is 5.91 Å². The van der Waals surface area contributed by atoms with Crippen molar-refractivity contribution in [1.29, 1.82) is 0 Å². The minimum atomic E-state index is 0.162. The Balaban J connectivity index is 1.67. The van der Waals surface area contributed by atoms with E-state index in [1.54, 1.807) is 4.90 Å². The fourth-order valence-electron chi connectivity index (χ4n) is 3.49. The average Bonchev–Trinajstić information content (AvgIpc) is 3.16. The number of likely N-dealkylation sites (tertiary alicyclic amines) is 1. The van der Waals surface area contributed by atoms with Crippen LogP contribution in [0.1, 0.15) is 23.7 Å². The van der Waals surface area contributed by atoms with Crippen LogP contribution in [-0.4, -0.2) is 34.0 Å². The molecule has 0 spiro atoms. The van der Waals surface area contributed by atoms with Crippen LogP contribution in [0.2, 0.25) is 0 Å². The van der Waals surface area contributed by atoms with Gasteiger partial charge < -0.3 is 9.47 Å². The summed E-state index contributed by atoms with van der Waals surface area (Å²) < 4.78 is 2.24. The first-order valence-electron chi connectivity index (χ1n) is 8.63. The zero-order chi connectivity index (χ0) is 17.2. The number of benzene rings is 2. The topological polar surface area (TPSA) is 38.1 Å². The number of hydrogen-bond donors (Lipinski definition) is 0. The summed E-state index contributed by atoms with van der Waals surface area (Å²) in [6.45, 7) is 1.49. The zero-order valence-electron chi connectivity index (χ0n) is 14.3. The SMILES string of the molecule is CN1C[C@H](c2nc3ccccc3n2C/C=C/c2ccccc2)CC1=O. The second-order valence-electron chi connectivity index (χ2n) is 6.56. The molecule has 4 heteroatoms. The van der Waals surface area contributed by atoms with Gasteiger partial charge in [0.1, 0.15) is 5.82 Å². The second kappa shape index (κ2) is 6.55. The van der Waals surface area contributed by atoms with Crippen molar-refractivity contribution in [3.05, 3.63) is 72.1 Å². The molecule has 2 heterocycles. The molecule has 4 rings (SSSR count). The van der Waals surface area contributed by atoms with Gasteiger partial charge in [-0.25, -0.2) is 4.98 Å². The number of amides is 1. The van der Waals surface area contributed by atoms with E-state index in [2.05, 4.69) is 34.9 Å². The van der Waals surface area contributed by atoms with Gasteiger partial charge in [-0.1, -0.05) is 54.6 Å². The third kappa shape index (κ3) is 3.07. The predicted molar refractivity (Wildman–Crippen MR) is 100 cm³/mol. The van der Waals surface area contributed by atoms with Crippen LogP contribution >= 0.6 is 0 Å². The van der Waals surface area contributed by atoms with Crippen molar-refractivity contribution in [2.75, 3.05) is 13.6 Å². The summed E-state index contributed by atoms with van der Waals surface area (Å²) in [5.41, 5.74) is 3.30. The minimum absolute atomic E-state index is 0.162. The second-order valence-corrected chi connectivity index (χ2v) is 6.56. The van der Waals surface area contributed by atoms with E-state index < -0.39 is 0 Å². The Morgan fingerprint density at radius 3 is 2.64 bits per heavy atom. The Morgan fingerprint density at radius 2 is 1.88 bits per heavy atom. The Labute approximate surface area is 147 Å². The normalized spacial score (nSPS) is 17.9. The van der Waals surface area contributed by atoms with Crippen molar-refractivity contribution in [1.82, 2.24) is 14.5 Å². The van der Waals surface area contributed by atoms with Gasteiger partial charge >= 0.3 is 0 Å². The highest BCUT2D eigenvalue weighted by atomic mass is 16.2. The molecule has 1 amide bonds. The van der Waals surface area contributed by atoms with Crippen LogP contribution in [0.25, 0.3) is 17.1 Å². The number of imidazole rings is 1. The van der Waals surface area contributed by atoms with Crippen LogP contribution in [0.5, 0.6) is 0 Å². The van der Waals surface area contributed by atoms with E-state index in [1.165, 1.54) is 5.56 Å². The summed E-state index contributed by atoms with van der Waals surface area (Å²) in [5, 5.41) is 0. The molecule has 0 unspecified atom stereocenters. The molecule has 1 aromatic heterocycles. The predicted octanol–water partition coefficient (Wildman–Crippen LogP) is 3.70. The molecule has 1 saturated heterocycles. The molecule has 1 fully saturated rings. The van der Waals surface area contributed by atoms with Crippen LogP contribution in [0.3, 0.4) is 0 Å². The molecular weight excluding hydrogens is 310 g/mol. The Bertz CT molecular complexity index is 927. The summed E-state index contributed by atoms with van der Waals surface area (Å²) in [4.78, 5) is 18.6. The van der Waals surface area contributed by atoms with Crippen molar-refractivity contribution in [3.63, 3.8) is 0 Å². The molecular formula is C21H21N3O. The highest BCUT2D eigenvalue weighted by molar-refractivity contribution is 5.80. The first-order valence-corrected chi connectivity index (χ1v) is 8.63. The zero-order valence-corrected chi connectivity index (χ0v) is 14.3. The average molecular weight is 331 g/mol. The van der Waals surface area contributed by atoms with Gasteiger partial charge in [-0.05, 0) is 17.7 Å². The maximum atomic E-state index is 12.0. The molecule has 0 N–H and O–H groups in total. The summed E-state index contributed by atoms with van der Waals surface area (Å²) >= 11 is 0. The fraction of sp³-hybridized carbons (Fsp3) is 0.238. The fourth-order valence-corrected chi connectivity index (χ4v) is 3.49. The van der Waals surface area contributed by atoms with Gasteiger partial charge in [0.15, 0.2) is 0 Å². The number of para-hydroxylation sites is 2. The lowest BCUT2D eigenvalue weighted by Crippen LogP contribution is -2.19. The number of carbonyl (C=O) groups is 1. The van der Waals surface area contributed by atoms with E-state index in [0.29, 0.717) is 6.42 Å². The number of allylic oxidation sites excluding steroid dienone is 1. The Kier molecular flexibility index (Phi) is 4.10. The minimum Gasteiger partial charge on any atom is -0.345 e. The van der Waals surface area contributed by atoms with Crippen molar-refractivity contribution in [2.24, 2.45) is 0 Å². The van der Waals surface area contributed by atoms with Crippen LogP contribution < -0.4 is 0 Å². The van der Waals surface area contributed by atoms with Crippen LogP contribution in [0.4, 0.5) is 0 Å². The molecule has 126 valence electrons. The molecule has 0 saturated carbocycles. The maximum Gasteiger partial charge on any atom is 0.223 e. The van der Waals surface area contributed by atoms with E-state index >= 15 is 0 Å². The van der Waals surface area contributed by atoms with Crippen molar-refractivity contribution in [3.8, 4) is 0 Å². The van der Waals surface area contributed by atoms with Crippen molar-refractivity contribution >= 4 is 23.0 Å². The van der Waals surface area contributed by atoms with Gasteiger partial charge in [-0.15, -0.1) is 0 Å². The lowest BCUT2D eigenvalue weighted by atomic mass is 10.1. The lowest BCUT2D eigenvalue weighted by molar-refractivity contribution is -0.126. The number of nitrogens with zero attached hydrogens (tertiary/aromatic N) is 3. The number of aromatic nitrogens is 2. The van der Waals surface area contributed by atoms with Gasteiger partial charge in [0, 0.05) is 32.5 Å². The molecule has 2 aromatic carbocycles. The molecule has 1 aliphatic rings. The van der Waals surface area contributed by atoms with E-state index in [0.717, 1.165) is 29.9 Å². The largest absolute Gasteiger partial charge is 0.345 e. The highest BCUT2D eigenvalue weighted by Gasteiger charge is 2.31. The quantitative estimate of drug-likeness (QED) is 0.731. The maximum absolute atomic E-state index is 12.0. The van der Waals surface area contributed by atoms with Gasteiger partial charge in [-0.2, -0.15) is 0 Å². The molecule has 4 nitrogen and oxygen atoms in total. The number of carbonyl (C=O) groups excluding carboxylic acids is 1. The van der Waals surface area contributed by atoms with Crippen molar-refractivity contribution < 1.29 is 4.79 Å². The molecule has 0 bridgehead atoms. The standard InChI is InChI=1S/C21H21N3O/c1-23-15-17(14-20(23)25)21-22-18-11-5-6-12-19(18)24(21)13-7-10-16-8-3-2-4-9-16/h2-12,17H,13-15H2,1H3/b10-7+/t17-/m1/s1. The van der Waals surface area contributed by atoms with Crippen LogP contribution in [0.15, 0.2) is 60.7 Å². The lowest BCUT2D eigenvalue weighted by Gasteiger charge is -2.12. The monoisotopic (exact) mass is 331 g/mol. The molecule has 0 radical (unpaired) electrons. The first kappa shape index (κ1) is 15.6. The van der Waals surface area contributed by atoms with E-state index in [9.17, 15) is 4.79 Å². The summed E-state index contributed by atoms with van der Waals surface area (Å²) in [6.07, 6.45) is 4.83. The number of rotatable bonds is 4. The third-order valence-electron chi connectivity index (χ3n) is 4.79. The van der Waals surface area contributed by atoms with Crippen LogP contribution in [-0.2, 0) is 11.3 Å². The number of likely N-dealkylation sites (N-methyl/N-ethyl adjacent to an activating group) is 1. The molecule has 1 atom stereocenters. The van der Waals surface area contributed by atoms with E-state index in [1.807, 2.05) is 43.4 Å². The van der Waals surface area contributed by atoms with Crippen LogP contribution in [0, 0.1) is 0 Å². The Morgan fingerprint density at radius 1 is 1.12 bits per heavy atom. The molecule has 0 aliphatic carbocycles. The van der Waals surface area contributed by atoms with E-state index in [-0.39, 0.29) is 11.8 Å². The molecule has 25 heavy (non-hydrogen) atoms. The van der Waals surface area contributed by atoms with Crippen molar-refractivity contribution in [2.45, 2.75) is 18.9 Å². The van der Waals surface area contributed by atoms with Gasteiger partial charge in [0.05, 0.1) is 11.0 Å². The van der Waals surface area contributed by atoms with E-state index in [4.69, 9.17) is 4.98 Å². The van der Waals surface area contributed by atoms with Gasteiger partial charge in [0.25, 0.3) is 0 Å². The first-order chi connectivity index (χ1) is 12.2. The molecule has 1 aliphatic heterocycles. The Hall–Kier alpha value is -2.88. The summed E-state index contributed by atoms with van der Waals surface area (Å²) in [7, 11) is 1.87.